The number of carbonyl (C=O) groups is 1. The molecule has 1 saturated carbocycles. The van der Waals surface area contributed by atoms with Gasteiger partial charge < -0.3 is 14.8 Å². The van der Waals surface area contributed by atoms with E-state index in [2.05, 4.69) is 26.1 Å². The number of hydrogen-bond donors (Lipinski definition) is 1. The number of nitrogens with one attached hydrogen (secondary N) is 1. The highest BCUT2D eigenvalue weighted by atomic mass is 16.5. The lowest BCUT2D eigenvalue weighted by atomic mass is 9.85. The summed E-state index contributed by atoms with van der Waals surface area (Å²) in [5.41, 5.74) is -0.499. The Balaban J connectivity index is 2.50. The number of esters is 1. The fourth-order valence-electron chi connectivity index (χ4n) is 3.57. The zero-order valence-corrected chi connectivity index (χ0v) is 14.4. The highest BCUT2D eigenvalue weighted by Gasteiger charge is 2.48. The zero-order valence-electron chi connectivity index (χ0n) is 14.4. The maximum Gasteiger partial charge on any atom is 0.326 e. The van der Waals surface area contributed by atoms with Gasteiger partial charge in [-0.05, 0) is 58.4 Å². The highest BCUT2D eigenvalue weighted by molar-refractivity contribution is 5.81. The van der Waals surface area contributed by atoms with Crippen LogP contribution in [0.3, 0.4) is 0 Å². The minimum Gasteiger partial charge on any atom is -0.465 e. The van der Waals surface area contributed by atoms with Crippen LogP contribution in [0.5, 0.6) is 0 Å². The maximum absolute atomic E-state index is 12.3. The molecule has 1 N–H and O–H groups in total. The van der Waals surface area contributed by atoms with Crippen molar-refractivity contribution in [2.24, 2.45) is 11.8 Å². The van der Waals surface area contributed by atoms with E-state index in [4.69, 9.17) is 9.47 Å². The van der Waals surface area contributed by atoms with Gasteiger partial charge in [0.25, 0.3) is 0 Å². The molecule has 0 radical (unpaired) electrons. The summed E-state index contributed by atoms with van der Waals surface area (Å²) >= 11 is 0. The standard InChI is InChI=1S/C17H33NO3/c1-6-20-16(19)17(18-5)10-7-8-15(17)9-11-21-14(4)12-13(2)3/h13-15,18H,6-12H2,1-5H3. The van der Waals surface area contributed by atoms with Crippen LogP contribution in [0.1, 0.15) is 59.8 Å². The van der Waals surface area contributed by atoms with Crippen molar-refractivity contribution in [3.63, 3.8) is 0 Å². The van der Waals surface area contributed by atoms with E-state index in [0.29, 0.717) is 18.4 Å². The minimum atomic E-state index is -0.499. The van der Waals surface area contributed by atoms with Crippen LogP contribution in [0, 0.1) is 11.8 Å². The van der Waals surface area contributed by atoms with Crippen LogP contribution in [0.4, 0.5) is 0 Å². The molecule has 0 spiro atoms. The first kappa shape index (κ1) is 18.4. The highest BCUT2D eigenvalue weighted by Crippen LogP contribution is 2.38. The predicted molar refractivity (Wildman–Crippen MR) is 85.3 cm³/mol. The molecule has 1 rings (SSSR count). The first-order valence-electron chi connectivity index (χ1n) is 8.44. The Morgan fingerprint density at radius 3 is 2.67 bits per heavy atom. The topological polar surface area (TPSA) is 47.6 Å². The summed E-state index contributed by atoms with van der Waals surface area (Å²) in [5.74, 6) is 0.875. The van der Waals surface area contributed by atoms with Gasteiger partial charge in [-0.25, -0.2) is 0 Å². The van der Waals surface area contributed by atoms with Crippen LogP contribution in [0.25, 0.3) is 0 Å². The zero-order chi connectivity index (χ0) is 15.9. The number of hydrogen-bond acceptors (Lipinski definition) is 4. The Bertz CT molecular complexity index is 319. The monoisotopic (exact) mass is 299 g/mol. The number of rotatable bonds is 9. The molecular formula is C17H33NO3. The Labute approximate surface area is 130 Å². The fourth-order valence-corrected chi connectivity index (χ4v) is 3.57. The second kappa shape index (κ2) is 8.74. The van der Waals surface area contributed by atoms with E-state index >= 15 is 0 Å². The SMILES string of the molecule is CCOC(=O)C1(NC)CCCC1CCOC(C)CC(C)C. The van der Waals surface area contributed by atoms with Crippen molar-refractivity contribution in [2.45, 2.75) is 71.4 Å². The number of likely N-dealkylation sites (N-methyl/N-ethyl adjacent to an activating group) is 1. The second-order valence-corrected chi connectivity index (χ2v) is 6.63. The van der Waals surface area contributed by atoms with Crippen LogP contribution in [0.15, 0.2) is 0 Å². The molecule has 0 saturated heterocycles. The Kier molecular flexibility index (Phi) is 7.67. The number of carbonyl (C=O) groups excluding carboxylic acids is 1. The molecule has 4 heteroatoms. The third kappa shape index (κ3) is 4.96. The third-order valence-corrected chi connectivity index (χ3v) is 4.58. The van der Waals surface area contributed by atoms with Crippen LogP contribution in [-0.2, 0) is 14.3 Å². The molecule has 21 heavy (non-hydrogen) atoms. The molecule has 3 unspecified atom stereocenters. The summed E-state index contributed by atoms with van der Waals surface area (Å²) < 4.78 is 11.2. The van der Waals surface area contributed by atoms with Gasteiger partial charge in [-0.3, -0.25) is 4.79 Å². The lowest BCUT2D eigenvalue weighted by Crippen LogP contribution is -2.54. The second-order valence-electron chi connectivity index (χ2n) is 6.63. The normalized spacial score (nSPS) is 27.0. The van der Waals surface area contributed by atoms with Gasteiger partial charge in [0.15, 0.2) is 0 Å². The van der Waals surface area contributed by atoms with E-state index in [9.17, 15) is 4.79 Å². The Morgan fingerprint density at radius 1 is 1.38 bits per heavy atom. The summed E-state index contributed by atoms with van der Waals surface area (Å²) in [7, 11) is 1.87. The Hall–Kier alpha value is -0.610. The smallest absolute Gasteiger partial charge is 0.326 e. The van der Waals surface area contributed by atoms with Crippen LogP contribution in [-0.4, -0.2) is 37.9 Å². The molecule has 0 amide bonds. The van der Waals surface area contributed by atoms with Gasteiger partial charge in [0.2, 0.25) is 0 Å². The molecule has 1 aliphatic rings. The summed E-state index contributed by atoms with van der Waals surface area (Å²) in [6.45, 7) is 9.58. The van der Waals surface area contributed by atoms with Crippen molar-refractivity contribution in [2.75, 3.05) is 20.3 Å². The van der Waals surface area contributed by atoms with E-state index in [0.717, 1.165) is 38.7 Å². The van der Waals surface area contributed by atoms with Gasteiger partial charge in [-0.1, -0.05) is 20.3 Å². The van der Waals surface area contributed by atoms with Crippen LogP contribution in [0.2, 0.25) is 0 Å². The lowest BCUT2D eigenvalue weighted by molar-refractivity contribution is -0.153. The van der Waals surface area contributed by atoms with Crippen molar-refractivity contribution in [3.8, 4) is 0 Å². The quantitative estimate of drug-likeness (QED) is 0.664. The average molecular weight is 299 g/mol. The molecule has 0 aromatic rings. The summed E-state index contributed by atoms with van der Waals surface area (Å²) in [5, 5.41) is 3.25. The van der Waals surface area contributed by atoms with Gasteiger partial charge in [0.1, 0.15) is 5.54 Å². The average Bonchev–Trinajstić information content (AvgIpc) is 2.82. The molecule has 0 aromatic heterocycles. The molecule has 124 valence electrons. The lowest BCUT2D eigenvalue weighted by Gasteiger charge is -2.33. The predicted octanol–water partition coefficient (Wildman–Crippen LogP) is 3.15. The fraction of sp³-hybridized carbons (Fsp3) is 0.941. The first-order chi connectivity index (χ1) is 9.96. The van der Waals surface area contributed by atoms with Crippen molar-refractivity contribution in [3.05, 3.63) is 0 Å². The summed E-state index contributed by atoms with van der Waals surface area (Å²) in [4.78, 5) is 12.3. The molecule has 1 fully saturated rings. The van der Waals surface area contributed by atoms with Gasteiger partial charge >= 0.3 is 5.97 Å². The van der Waals surface area contributed by atoms with Crippen LogP contribution < -0.4 is 5.32 Å². The van der Waals surface area contributed by atoms with Gasteiger partial charge in [-0.15, -0.1) is 0 Å². The van der Waals surface area contributed by atoms with Crippen molar-refractivity contribution >= 4 is 5.97 Å². The molecular weight excluding hydrogens is 266 g/mol. The van der Waals surface area contributed by atoms with Crippen molar-refractivity contribution < 1.29 is 14.3 Å². The van der Waals surface area contributed by atoms with Gasteiger partial charge in [-0.2, -0.15) is 0 Å². The van der Waals surface area contributed by atoms with E-state index < -0.39 is 5.54 Å². The number of ether oxygens (including phenoxy) is 2. The first-order valence-corrected chi connectivity index (χ1v) is 8.44. The van der Waals surface area contributed by atoms with E-state index in [1.807, 2.05) is 14.0 Å². The van der Waals surface area contributed by atoms with Crippen LogP contribution >= 0.6 is 0 Å². The maximum atomic E-state index is 12.3. The largest absolute Gasteiger partial charge is 0.465 e. The van der Waals surface area contributed by atoms with Crippen molar-refractivity contribution in [1.29, 1.82) is 0 Å². The molecule has 3 atom stereocenters. The molecule has 0 heterocycles. The molecule has 1 aliphatic carbocycles. The summed E-state index contributed by atoms with van der Waals surface area (Å²) in [6.07, 6.45) is 5.31. The molecule has 0 bridgehead atoms. The minimum absolute atomic E-state index is 0.0924. The summed E-state index contributed by atoms with van der Waals surface area (Å²) in [6, 6.07) is 0. The Morgan fingerprint density at radius 2 is 2.10 bits per heavy atom. The van der Waals surface area contributed by atoms with Crippen molar-refractivity contribution in [1.82, 2.24) is 5.32 Å². The van der Waals surface area contributed by atoms with Gasteiger partial charge in [0.05, 0.1) is 12.7 Å². The van der Waals surface area contributed by atoms with E-state index in [1.54, 1.807) is 0 Å². The molecule has 0 aliphatic heterocycles. The third-order valence-electron chi connectivity index (χ3n) is 4.58. The van der Waals surface area contributed by atoms with E-state index in [1.165, 1.54) is 0 Å². The van der Waals surface area contributed by atoms with Gasteiger partial charge in [0, 0.05) is 6.61 Å². The molecule has 4 nitrogen and oxygen atoms in total. The molecule has 0 aromatic carbocycles. The van der Waals surface area contributed by atoms with E-state index in [-0.39, 0.29) is 12.1 Å².